The maximum absolute atomic E-state index is 12.0. The van der Waals surface area contributed by atoms with Crippen molar-refractivity contribution in [2.45, 2.75) is 52.5 Å². The van der Waals surface area contributed by atoms with Crippen LogP contribution in [0.4, 0.5) is 5.82 Å². The van der Waals surface area contributed by atoms with E-state index in [1.54, 1.807) is 0 Å². The maximum Gasteiger partial charge on any atom is 0.307 e. The summed E-state index contributed by atoms with van der Waals surface area (Å²) in [7, 11) is 0. The number of pyridine rings is 1. The van der Waals surface area contributed by atoms with Gasteiger partial charge in [0.15, 0.2) is 5.82 Å². The van der Waals surface area contributed by atoms with Crippen LogP contribution in [0, 0.1) is 11.8 Å². The summed E-state index contributed by atoms with van der Waals surface area (Å²) in [6.07, 6.45) is 2.91. The predicted molar refractivity (Wildman–Crippen MR) is 125 cm³/mol. The first-order chi connectivity index (χ1) is 16.0. The molecule has 2 aliphatic heterocycles. The lowest BCUT2D eigenvalue weighted by Crippen LogP contribution is -2.61. The molecule has 0 unspecified atom stereocenters. The zero-order valence-electron chi connectivity index (χ0n) is 20.1. The van der Waals surface area contributed by atoms with Gasteiger partial charge in [-0.25, -0.2) is 4.98 Å². The van der Waals surface area contributed by atoms with E-state index in [1.165, 1.54) is 0 Å². The molecule has 0 aromatic carbocycles. The Balaban J connectivity index is 0.00000149. The van der Waals surface area contributed by atoms with E-state index in [0.717, 1.165) is 50.8 Å². The molecule has 0 spiro atoms. The van der Waals surface area contributed by atoms with Crippen molar-refractivity contribution in [2.75, 3.05) is 44.3 Å². The number of aromatic nitrogens is 5. The number of anilines is 1. The highest BCUT2D eigenvalue weighted by Crippen LogP contribution is 2.31. The van der Waals surface area contributed by atoms with E-state index in [-0.39, 0.29) is 11.8 Å². The molecule has 0 saturated carbocycles. The van der Waals surface area contributed by atoms with Crippen LogP contribution >= 0.6 is 0 Å². The molecule has 2 atom stereocenters. The molecule has 10 heteroatoms. The first-order valence-corrected chi connectivity index (χ1v) is 12.0. The topological polar surface area (TPSA) is 120 Å². The fraction of sp³-hybridized carbons (Fsp3) is 0.696. The van der Waals surface area contributed by atoms with Gasteiger partial charge in [-0.15, -0.1) is 10.2 Å². The van der Waals surface area contributed by atoms with Gasteiger partial charge < -0.3 is 14.7 Å². The highest BCUT2D eigenvalue weighted by Gasteiger charge is 2.35. The molecule has 2 aromatic heterocycles. The molecule has 2 N–H and O–H groups in total. The van der Waals surface area contributed by atoms with Crippen molar-refractivity contribution in [3.05, 3.63) is 29.7 Å². The molecule has 182 valence electrons. The van der Waals surface area contributed by atoms with E-state index in [9.17, 15) is 9.90 Å². The molecule has 2 aliphatic rings. The molecule has 10 nitrogen and oxygen atoms in total. The van der Waals surface area contributed by atoms with Crippen LogP contribution in [0.3, 0.4) is 0 Å². The van der Waals surface area contributed by atoms with E-state index in [0.29, 0.717) is 24.7 Å². The highest BCUT2D eigenvalue weighted by atomic mass is 16.5. The molecular formula is C23H37N7O3. The molecule has 33 heavy (non-hydrogen) atoms. The number of nitrogens with one attached hydrogen (secondary N) is 1. The van der Waals surface area contributed by atoms with Gasteiger partial charge in [0.1, 0.15) is 5.82 Å². The number of ether oxygens (including phenoxy) is 1. The fourth-order valence-electron chi connectivity index (χ4n) is 4.48. The molecule has 2 aromatic rings. The minimum atomic E-state index is -0.831. The predicted octanol–water partition coefficient (Wildman–Crippen LogP) is 2.21. The Morgan fingerprint density at radius 2 is 1.97 bits per heavy atom. The molecular weight excluding hydrogens is 422 g/mol. The van der Waals surface area contributed by atoms with Crippen molar-refractivity contribution in [2.24, 2.45) is 11.8 Å². The third-order valence-corrected chi connectivity index (χ3v) is 6.23. The number of aliphatic carboxylic acids is 1. The Morgan fingerprint density at radius 3 is 2.52 bits per heavy atom. The van der Waals surface area contributed by atoms with Crippen LogP contribution in [0.2, 0.25) is 0 Å². The van der Waals surface area contributed by atoms with Crippen molar-refractivity contribution < 1.29 is 14.6 Å². The Bertz CT molecular complexity index is 832. The van der Waals surface area contributed by atoms with Crippen molar-refractivity contribution in [1.82, 2.24) is 30.5 Å². The fourth-order valence-corrected chi connectivity index (χ4v) is 4.48. The van der Waals surface area contributed by atoms with Crippen LogP contribution in [-0.2, 0) is 16.0 Å². The van der Waals surface area contributed by atoms with Crippen LogP contribution in [0.5, 0.6) is 0 Å². The lowest BCUT2D eigenvalue weighted by molar-refractivity contribution is -0.143. The zero-order chi connectivity index (χ0) is 23.8. The van der Waals surface area contributed by atoms with Gasteiger partial charge >= 0.3 is 5.97 Å². The number of carboxylic acids is 1. The quantitative estimate of drug-likeness (QED) is 0.581. The normalized spacial score (nSPS) is 18.9. The van der Waals surface area contributed by atoms with Crippen LogP contribution in [0.25, 0.3) is 0 Å². The largest absolute Gasteiger partial charge is 0.481 e. The number of carbonyl (C=O) groups is 1. The summed E-state index contributed by atoms with van der Waals surface area (Å²) in [6, 6.07) is 4.63. The van der Waals surface area contributed by atoms with Crippen molar-refractivity contribution in [3.8, 4) is 0 Å². The van der Waals surface area contributed by atoms with Gasteiger partial charge in [0.05, 0.1) is 19.1 Å². The monoisotopic (exact) mass is 459 g/mol. The molecule has 4 rings (SSSR count). The first-order valence-electron chi connectivity index (χ1n) is 12.0. The molecule has 0 amide bonds. The standard InChI is InChI=1S/C21H31N7O3.C2H6/c1-14(2)9-18(21(29)30)17(20-23-25-26-24-20)10-15-3-4-19(22-11-15)28-12-16(13-28)27-5-7-31-8-6-27;1-2/h3-4,11,14,16-18H,5-10,12-13H2,1-2H3,(H,29,30)(H,23,24,25,26);1-2H3/t17-,18-;/m0./s1. The van der Waals surface area contributed by atoms with Crippen LogP contribution in [-0.4, -0.2) is 87.0 Å². The van der Waals surface area contributed by atoms with Gasteiger partial charge in [0, 0.05) is 44.3 Å². The highest BCUT2D eigenvalue weighted by molar-refractivity contribution is 5.71. The maximum atomic E-state index is 12.0. The minimum absolute atomic E-state index is 0.252. The summed E-state index contributed by atoms with van der Waals surface area (Å²) in [4.78, 5) is 21.4. The van der Waals surface area contributed by atoms with Gasteiger partial charge in [0.2, 0.25) is 0 Å². The van der Waals surface area contributed by atoms with Crippen molar-refractivity contribution >= 4 is 11.8 Å². The van der Waals surface area contributed by atoms with E-state index in [4.69, 9.17) is 4.74 Å². The molecule has 0 bridgehead atoms. The summed E-state index contributed by atoms with van der Waals surface area (Å²) in [5.74, 6) is -0.123. The molecule has 2 fully saturated rings. The van der Waals surface area contributed by atoms with E-state index in [1.807, 2.05) is 46.0 Å². The number of carboxylic acid groups (broad SMARTS) is 1. The second kappa shape index (κ2) is 12.0. The second-order valence-electron chi connectivity index (χ2n) is 8.89. The minimum Gasteiger partial charge on any atom is -0.481 e. The second-order valence-corrected chi connectivity index (χ2v) is 8.89. The van der Waals surface area contributed by atoms with Crippen LogP contribution < -0.4 is 4.90 Å². The number of tetrazole rings is 1. The zero-order valence-corrected chi connectivity index (χ0v) is 20.1. The van der Waals surface area contributed by atoms with Gasteiger partial charge in [-0.1, -0.05) is 39.0 Å². The number of hydrogen-bond acceptors (Lipinski definition) is 8. The van der Waals surface area contributed by atoms with Gasteiger partial charge in [-0.05, 0) is 30.4 Å². The average molecular weight is 460 g/mol. The smallest absolute Gasteiger partial charge is 0.307 e. The summed E-state index contributed by atoms with van der Waals surface area (Å²) < 4.78 is 5.43. The van der Waals surface area contributed by atoms with Crippen molar-refractivity contribution in [3.63, 3.8) is 0 Å². The Labute approximate surface area is 195 Å². The molecule has 0 radical (unpaired) electrons. The summed E-state index contributed by atoms with van der Waals surface area (Å²) in [5.41, 5.74) is 0.971. The van der Waals surface area contributed by atoms with E-state index < -0.39 is 11.9 Å². The third-order valence-electron chi connectivity index (χ3n) is 6.23. The van der Waals surface area contributed by atoms with Gasteiger partial charge in [-0.2, -0.15) is 5.21 Å². The first kappa shape index (κ1) is 25.0. The van der Waals surface area contributed by atoms with E-state index >= 15 is 0 Å². The van der Waals surface area contributed by atoms with Crippen molar-refractivity contribution in [1.29, 1.82) is 0 Å². The Kier molecular flexibility index (Phi) is 9.13. The number of rotatable bonds is 9. The Morgan fingerprint density at radius 1 is 1.24 bits per heavy atom. The van der Waals surface area contributed by atoms with Gasteiger partial charge in [0.25, 0.3) is 0 Å². The Hall–Kier alpha value is -2.59. The number of H-pyrrole nitrogens is 1. The lowest BCUT2D eigenvalue weighted by atomic mass is 9.81. The average Bonchev–Trinajstić information content (AvgIpc) is 3.33. The molecule has 0 aliphatic carbocycles. The summed E-state index contributed by atoms with van der Waals surface area (Å²) in [5, 5.41) is 24.1. The van der Waals surface area contributed by atoms with Crippen LogP contribution in [0.15, 0.2) is 18.3 Å². The van der Waals surface area contributed by atoms with Crippen LogP contribution in [0.1, 0.15) is 51.4 Å². The number of morpholine rings is 1. The molecule has 2 saturated heterocycles. The lowest BCUT2D eigenvalue weighted by Gasteiger charge is -2.47. The van der Waals surface area contributed by atoms with Gasteiger partial charge in [-0.3, -0.25) is 9.69 Å². The molecule has 4 heterocycles. The summed E-state index contributed by atoms with van der Waals surface area (Å²) in [6.45, 7) is 13.7. The van der Waals surface area contributed by atoms with E-state index in [2.05, 4.69) is 35.4 Å². The number of hydrogen-bond donors (Lipinski definition) is 2. The SMILES string of the molecule is CC.CC(C)C[C@H](C(=O)O)[C@H](Cc1ccc(N2CC(N3CCOCC3)C2)nc1)c1nn[nH]n1. The summed E-state index contributed by atoms with van der Waals surface area (Å²) >= 11 is 0. The third kappa shape index (κ3) is 6.48. The number of aromatic amines is 1. The number of nitrogens with zero attached hydrogens (tertiary/aromatic N) is 6.